The number of carbonyl (C=O) groups is 1. The number of hydrogen-bond donors (Lipinski definition) is 1. The van der Waals surface area contributed by atoms with Crippen molar-refractivity contribution in [2.75, 3.05) is 25.0 Å². The Balaban J connectivity index is 1.86. The highest BCUT2D eigenvalue weighted by molar-refractivity contribution is 9.10. The lowest BCUT2D eigenvalue weighted by Gasteiger charge is -2.19. The minimum absolute atomic E-state index is 0.0734. The van der Waals surface area contributed by atoms with Gasteiger partial charge in [-0.25, -0.2) is 0 Å². The molecule has 0 unspecified atom stereocenters. The number of aryl methyl sites for hydroxylation is 1. The molecule has 4 heteroatoms. The van der Waals surface area contributed by atoms with Crippen molar-refractivity contribution < 1.29 is 4.79 Å². The zero-order chi connectivity index (χ0) is 13.8. The van der Waals surface area contributed by atoms with Gasteiger partial charge in [-0.2, -0.15) is 0 Å². The van der Waals surface area contributed by atoms with Crippen molar-refractivity contribution in [3.05, 3.63) is 28.2 Å². The van der Waals surface area contributed by atoms with E-state index in [0.29, 0.717) is 6.54 Å². The molecule has 0 aromatic heterocycles. The molecule has 1 aromatic rings. The molecule has 0 radical (unpaired) electrons. The first-order valence-electron chi connectivity index (χ1n) is 6.87. The maximum atomic E-state index is 12.0. The molecule has 0 aliphatic heterocycles. The van der Waals surface area contributed by atoms with Gasteiger partial charge in [-0.15, -0.1) is 0 Å². The molecule has 104 valence electrons. The van der Waals surface area contributed by atoms with Gasteiger partial charge in [-0.05, 0) is 56.0 Å². The van der Waals surface area contributed by atoms with Gasteiger partial charge in [-0.3, -0.25) is 9.69 Å². The van der Waals surface area contributed by atoms with Crippen molar-refractivity contribution in [1.29, 1.82) is 0 Å². The number of likely N-dealkylation sites (N-methyl/N-ethyl adjacent to an activating group) is 1. The lowest BCUT2D eigenvalue weighted by Crippen LogP contribution is -2.34. The third-order valence-electron chi connectivity index (χ3n) is 3.47. The minimum Gasteiger partial charge on any atom is -0.325 e. The summed E-state index contributed by atoms with van der Waals surface area (Å²) < 4.78 is 1.06. The molecule has 0 bridgehead atoms. The Morgan fingerprint density at radius 2 is 2.21 bits per heavy atom. The monoisotopic (exact) mass is 324 g/mol. The summed E-state index contributed by atoms with van der Waals surface area (Å²) in [6, 6.07) is 5.87. The number of halogens is 1. The van der Waals surface area contributed by atoms with Crippen molar-refractivity contribution in [1.82, 2.24) is 4.90 Å². The van der Waals surface area contributed by atoms with E-state index in [0.717, 1.165) is 34.7 Å². The molecule has 0 heterocycles. The smallest absolute Gasteiger partial charge is 0.238 e. The van der Waals surface area contributed by atoms with Gasteiger partial charge in [0.05, 0.1) is 6.54 Å². The Morgan fingerprint density at radius 3 is 2.79 bits per heavy atom. The highest BCUT2D eigenvalue weighted by atomic mass is 79.9. The van der Waals surface area contributed by atoms with Crippen LogP contribution in [0.2, 0.25) is 0 Å². The summed E-state index contributed by atoms with van der Waals surface area (Å²) >= 11 is 3.46. The first kappa shape index (κ1) is 14.5. The van der Waals surface area contributed by atoms with E-state index >= 15 is 0 Å². The summed E-state index contributed by atoms with van der Waals surface area (Å²) in [6.45, 7) is 6.61. The van der Waals surface area contributed by atoms with E-state index < -0.39 is 0 Å². The van der Waals surface area contributed by atoms with Crippen molar-refractivity contribution in [2.45, 2.75) is 26.7 Å². The fraction of sp³-hybridized carbons (Fsp3) is 0.533. The molecule has 19 heavy (non-hydrogen) atoms. The van der Waals surface area contributed by atoms with Crippen LogP contribution in [0.1, 0.15) is 25.3 Å². The van der Waals surface area contributed by atoms with E-state index in [2.05, 4.69) is 33.1 Å². The van der Waals surface area contributed by atoms with Crippen LogP contribution in [0.5, 0.6) is 0 Å². The van der Waals surface area contributed by atoms with Crippen LogP contribution in [-0.2, 0) is 4.79 Å². The summed E-state index contributed by atoms with van der Waals surface area (Å²) in [5, 5.41) is 2.97. The van der Waals surface area contributed by atoms with Crippen LogP contribution in [0.3, 0.4) is 0 Å². The second kappa shape index (κ2) is 6.53. The first-order chi connectivity index (χ1) is 9.08. The lowest BCUT2D eigenvalue weighted by atomic mass is 10.2. The first-order valence-corrected chi connectivity index (χ1v) is 7.66. The Hall–Kier alpha value is -0.870. The fourth-order valence-electron chi connectivity index (χ4n) is 2.10. The van der Waals surface area contributed by atoms with E-state index in [-0.39, 0.29) is 5.91 Å². The summed E-state index contributed by atoms with van der Waals surface area (Å²) in [5.74, 6) is 0.895. The number of nitrogens with zero attached hydrogens (tertiary/aromatic N) is 1. The topological polar surface area (TPSA) is 32.3 Å². The van der Waals surface area contributed by atoms with Gasteiger partial charge < -0.3 is 5.32 Å². The van der Waals surface area contributed by atoms with Gasteiger partial charge in [0, 0.05) is 16.7 Å². The molecule has 1 fully saturated rings. The van der Waals surface area contributed by atoms with Gasteiger partial charge >= 0.3 is 0 Å². The van der Waals surface area contributed by atoms with Crippen LogP contribution in [0, 0.1) is 12.8 Å². The molecule has 0 saturated heterocycles. The maximum Gasteiger partial charge on any atom is 0.238 e. The van der Waals surface area contributed by atoms with Crippen molar-refractivity contribution in [3.8, 4) is 0 Å². The zero-order valence-corrected chi connectivity index (χ0v) is 13.2. The number of hydrogen-bond acceptors (Lipinski definition) is 2. The molecule has 0 spiro atoms. The molecule has 1 aliphatic carbocycles. The SMILES string of the molecule is CCN(CC(=O)Nc1ccc(Br)c(C)c1)CC1CC1. The molecule has 1 saturated carbocycles. The van der Waals surface area contributed by atoms with Gasteiger partial charge in [0.15, 0.2) is 0 Å². The molecular weight excluding hydrogens is 304 g/mol. The van der Waals surface area contributed by atoms with Gasteiger partial charge in [0.1, 0.15) is 0 Å². The maximum absolute atomic E-state index is 12.0. The Labute approximate surface area is 123 Å². The average Bonchev–Trinajstić information content (AvgIpc) is 3.17. The van der Waals surface area contributed by atoms with Crippen LogP contribution >= 0.6 is 15.9 Å². The third kappa shape index (κ3) is 4.62. The quantitative estimate of drug-likeness (QED) is 0.869. The van der Waals surface area contributed by atoms with E-state index in [4.69, 9.17) is 0 Å². The standard InChI is InChI=1S/C15H21BrN2O/c1-3-18(9-12-4-5-12)10-15(19)17-13-6-7-14(16)11(2)8-13/h6-8,12H,3-5,9-10H2,1-2H3,(H,17,19). The second-order valence-corrected chi connectivity index (χ2v) is 6.14. The lowest BCUT2D eigenvalue weighted by molar-refractivity contribution is -0.117. The average molecular weight is 325 g/mol. The van der Waals surface area contributed by atoms with Crippen molar-refractivity contribution in [2.24, 2.45) is 5.92 Å². The molecule has 1 aliphatic rings. The van der Waals surface area contributed by atoms with Crippen LogP contribution in [0.15, 0.2) is 22.7 Å². The number of anilines is 1. The summed E-state index contributed by atoms with van der Waals surface area (Å²) in [7, 11) is 0. The third-order valence-corrected chi connectivity index (χ3v) is 4.36. The van der Waals surface area contributed by atoms with Crippen LogP contribution < -0.4 is 5.32 Å². The number of carbonyl (C=O) groups excluding carboxylic acids is 1. The summed E-state index contributed by atoms with van der Waals surface area (Å²) in [5.41, 5.74) is 2.00. The van der Waals surface area contributed by atoms with E-state index in [9.17, 15) is 4.79 Å². The highest BCUT2D eigenvalue weighted by Gasteiger charge is 2.24. The fourth-order valence-corrected chi connectivity index (χ4v) is 2.34. The molecule has 2 rings (SSSR count). The van der Waals surface area contributed by atoms with Crippen LogP contribution in [0.4, 0.5) is 5.69 Å². The zero-order valence-electron chi connectivity index (χ0n) is 11.6. The number of nitrogens with one attached hydrogen (secondary N) is 1. The predicted octanol–water partition coefficient (Wildman–Crippen LogP) is 3.43. The Morgan fingerprint density at radius 1 is 1.47 bits per heavy atom. The molecule has 1 amide bonds. The van der Waals surface area contributed by atoms with Crippen LogP contribution in [0.25, 0.3) is 0 Å². The van der Waals surface area contributed by atoms with Crippen molar-refractivity contribution in [3.63, 3.8) is 0 Å². The number of rotatable bonds is 6. The summed E-state index contributed by atoms with van der Waals surface area (Å²) in [6.07, 6.45) is 2.65. The van der Waals surface area contributed by atoms with Crippen molar-refractivity contribution >= 4 is 27.5 Å². The van der Waals surface area contributed by atoms with Crippen LogP contribution in [-0.4, -0.2) is 30.4 Å². The number of benzene rings is 1. The minimum atomic E-state index is 0.0734. The van der Waals surface area contributed by atoms with E-state index in [1.165, 1.54) is 12.8 Å². The highest BCUT2D eigenvalue weighted by Crippen LogP contribution is 2.29. The van der Waals surface area contributed by atoms with Gasteiger partial charge in [0.25, 0.3) is 0 Å². The second-order valence-electron chi connectivity index (χ2n) is 5.28. The Bertz CT molecular complexity index is 457. The molecular formula is C15H21BrN2O. The van der Waals surface area contributed by atoms with Gasteiger partial charge in [-0.1, -0.05) is 22.9 Å². The van der Waals surface area contributed by atoms with Gasteiger partial charge in [0.2, 0.25) is 5.91 Å². The van der Waals surface area contributed by atoms with E-state index in [1.54, 1.807) is 0 Å². The largest absolute Gasteiger partial charge is 0.325 e. The predicted molar refractivity (Wildman–Crippen MR) is 82.3 cm³/mol. The van der Waals surface area contributed by atoms with E-state index in [1.807, 2.05) is 25.1 Å². The normalized spacial score (nSPS) is 14.7. The molecule has 1 aromatic carbocycles. The molecule has 3 nitrogen and oxygen atoms in total. The number of amides is 1. The molecule has 0 atom stereocenters. The molecule has 1 N–H and O–H groups in total. The Kier molecular flexibility index (Phi) is 4.99. The summed E-state index contributed by atoms with van der Waals surface area (Å²) in [4.78, 5) is 14.2.